The van der Waals surface area contributed by atoms with Crippen LogP contribution in [0.15, 0.2) is 48.7 Å². The number of nitrogens with one attached hydrogen (secondary N) is 1. The van der Waals surface area contributed by atoms with E-state index in [1.807, 2.05) is 18.2 Å². The quantitative estimate of drug-likeness (QED) is 0.861. The Kier molecular flexibility index (Phi) is 4.64. The third-order valence-corrected chi connectivity index (χ3v) is 2.75. The van der Waals surface area contributed by atoms with Crippen LogP contribution in [0.3, 0.4) is 0 Å². The topological polar surface area (TPSA) is 62.2 Å². The van der Waals surface area contributed by atoms with Crippen molar-refractivity contribution in [2.45, 2.75) is 19.4 Å². The van der Waals surface area contributed by atoms with E-state index in [1.54, 1.807) is 30.5 Å². The van der Waals surface area contributed by atoms with Crippen LogP contribution in [0.5, 0.6) is 0 Å². The van der Waals surface area contributed by atoms with Gasteiger partial charge in [-0.15, -0.1) is 0 Å². The van der Waals surface area contributed by atoms with Gasteiger partial charge in [-0.25, -0.2) is 0 Å². The number of pyridine rings is 1. The summed E-state index contributed by atoms with van der Waals surface area (Å²) in [6, 6.07) is 12.8. The van der Waals surface area contributed by atoms with Crippen LogP contribution in [0, 0.1) is 0 Å². The molecule has 0 aliphatic carbocycles. The number of nitrogens with zero attached hydrogens (tertiary/aromatic N) is 1. The van der Waals surface area contributed by atoms with Crippen LogP contribution in [0.2, 0.25) is 0 Å². The van der Waals surface area contributed by atoms with Gasteiger partial charge in [-0.3, -0.25) is 9.78 Å². The molecule has 2 aromatic rings. The summed E-state index contributed by atoms with van der Waals surface area (Å²) in [5, 5.41) is 11.7. The van der Waals surface area contributed by atoms with Crippen molar-refractivity contribution in [3.63, 3.8) is 0 Å². The van der Waals surface area contributed by atoms with Gasteiger partial charge in [0, 0.05) is 24.0 Å². The maximum Gasteiger partial charge on any atom is 0.224 e. The Bertz CT molecular complexity index is 524. The van der Waals surface area contributed by atoms with Crippen LogP contribution in [-0.4, -0.2) is 16.0 Å². The average molecular weight is 256 g/mol. The Balaban J connectivity index is 1.83. The third-order valence-electron chi connectivity index (χ3n) is 2.75. The lowest BCUT2D eigenvalue weighted by molar-refractivity contribution is -0.116. The van der Waals surface area contributed by atoms with Crippen molar-refractivity contribution in [2.75, 3.05) is 5.32 Å². The summed E-state index contributed by atoms with van der Waals surface area (Å²) in [7, 11) is 0. The van der Waals surface area contributed by atoms with E-state index in [4.69, 9.17) is 5.11 Å². The maximum absolute atomic E-state index is 11.8. The van der Waals surface area contributed by atoms with Gasteiger partial charge in [-0.1, -0.05) is 18.2 Å². The molecule has 2 N–H and O–H groups in total. The largest absolute Gasteiger partial charge is 0.392 e. The van der Waals surface area contributed by atoms with E-state index in [2.05, 4.69) is 10.3 Å². The Hall–Kier alpha value is -2.20. The number of benzene rings is 1. The molecule has 1 heterocycles. The van der Waals surface area contributed by atoms with Crippen LogP contribution in [-0.2, 0) is 17.8 Å². The zero-order chi connectivity index (χ0) is 13.5. The highest BCUT2D eigenvalue weighted by molar-refractivity contribution is 5.90. The van der Waals surface area contributed by atoms with E-state index >= 15 is 0 Å². The standard InChI is InChI=1S/C15H16N2O2/c18-11-12-4-6-14(7-5-12)17-15(19)9-8-13-3-1-2-10-16-13/h1-7,10,18H,8-9,11H2,(H,17,19). The van der Waals surface area contributed by atoms with Crippen LogP contribution in [0.1, 0.15) is 17.7 Å². The van der Waals surface area contributed by atoms with Gasteiger partial charge in [0.1, 0.15) is 0 Å². The van der Waals surface area contributed by atoms with Crippen molar-refractivity contribution in [3.8, 4) is 0 Å². The van der Waals surface area contributed by atoms with Crippen molar-refractivity contribution in [3.05, 3.63) is 59.9 Å². The molecule has 0 aliphatic rings. The number of amides is 1. The molecule has 0 fully saturated rings. The zero-order valence-corrected chi connectivity index (χ0v) is 10.5. The molecule has 0 saturated carbocycles. The van der Waals surface area contributed by atoms with Crippen molar-refractivity contribution in [1.82, 2.24) is 4.98 Å². The van der Waals surface area contributed by atoms with Gasteiger partial charge in [-0.05, 0) is 36.2 Å². The molecule has 2 rings (SSSR count). The van der Waals surface area contributed by atoms with E-state index in [9.17, 15) is 4.79 Å². The van der Waals surface area contributed by atoms with E-state index < -0.39 is 0 Å². The van der Waals surface area contributed by atoms with Gasteiger partial charge in [0.15, 0.2) is 0 Å². The molecule has 19 heavy (non-hydrogen) atoms. The second kappa shape index (κ2) is 6.66. The van der Waals surface area contributed by atoms with Crippen LogP contribution in [0.4, 0.5) is 5.69 Å². The second-order valence-corrected chi connectivity index (χ2v) is 4.22. The summed E-state index contributed by atoms with van der Waals surface area (Å²) >= 11 is 0. The number of aryl methyl sites for hydroxylation is 1. The fraction of sp³-hybridized carbons (Fsp3) is 0.200. The molecule has 1 amide bonds. The molecule has 0 radical (unpaired) electrons. The first kappa shape index (κ1) is 13.2. The third kappa shape index (κ3) is 4.19. The Labute approximate surface area is 112 Å². The number of aliphatic hydroxyl groups excluding tert-OH is 1. The molecule has 0 bridgehead atoms. The van der Waals surface area contributed by atoms with Gasteiger partial charge in [0.2, 0.25) is 5.91 Å². The van der Waals surface area contributed by atoms with Crippen molar-refractivity contribution in [2.24, 2.45) is 0 Å². The number of rotatable bonds is 5. The Morgan fingerprint density at radius 1 is 1.16 bits per heavy atom. The van der Waals surface area contributed by atoms with Crippen LogP contribution in [0.25, 0.3) is 0 Å². The first-order valence-electron chi connectivity index (χ1n) is 6.17. The van der Waals surface area contributed by atoms with Crippen molar-refractivity contribution >= 4 is 11.6 Å². The minimum Gasteiger partial charge on any atom is -0.392 e. The van der Waals surface area contributed by atoms with E-state index in [0.29, 0.717) is 12.8 Å². The van der Waals surface area contributed by atoms with Crippen LogP contribution >= 0.6 is 0 Å². The molecule has 0 unspecified atom stereocenters. The number of hydrogen-bond donors (Lipinski definition) is 2. The minimum atomic E-state index is -0.0394. The number of hydrogen-bond acceptors (Lipinski definition) is 3. The summed E-state index contributed by atoms with van der Waals surface area (Å²) in [6.45, 7) is 0.00784. The number of aliphatic hydroxyl groups is 1. The normalized spacial score (nSPS) is 10.2. The van der Waals surface area contributed by atoms with Crippen molar-refractivity contribution < 1.29 is 9.90 Å². The number of carbonyl (C=O) groups excluding carboxylic acids is 1. The summed E-state index contributed by atoms with van der Waals surface area (Å²) in [5.41, 5.74) is 2.47. The lowest BCUT2D eigenvalue weighted by atomic mass is 10.2. The van der Waals surface area contributed by atoms with Crippen molar-refractivity contribution in [1.29, 1.82) is 0 Å². The maximum atomic E-state index is 11.8. The SMILES string of the molecule is O=C(CCc1ccccn1)Nc1ccc(CO)cc1. The number of aromatic nitrogens is 1. The average Bonchev–Trinajstić information content (AvgIpc) is 2.47. The summed E-state index contributed by atoms with van der Waals surface area (Å²) in [5.74, 6) is -0.0394. The highest BCUT2D eigenvalue weighted by atomic mass is 16.3. The molecule has 4 nitrogen and oxygen atoms in total. The van der Waals surface area contributed by atoms with Gasteiger partial charge in [0.05, 0.1) is 6.61 Å². The number of carbonyl (C=O) groups is 1. The predicted molar refractivity (Wildman–Crippen MR) is 73.6 cm³/mol. The summed E-state index contributed by atoms with van der Waals surface area (Å²) in [6.07, 6.45) is 2.75. The predicted octanol–water partition coefficient (Wildman–Crippen LogP) is 2.15. The Morgan fingerprint density at radius 3 is 2.58 bits per heavy atom. The molecule has 4 heteroatoms. The fourth-order valence-corrected chi connectivity index (χ4v) is 1.70. The van der Waals surface area contributed by atoms with Gasteiger partial charge in [0.25, 0.3) is 0 Å². The van der Waals surface area contributed by atoms with Crippen LogP contribution < -0.4 is 5.32 Å². The zero-order valence-electron chi connectivity index (χ0n) is 10.5. The summed E-state index contributed by atoms with van der Waals surface area (Å²) in [4.78, 5) is 15.9. The Morgan fingerprint density at radius 2 is 1.95 bits per heavy atom. The smallest absolute Gasteiger partial charge is 0.224 e. The molecule has 0 aliphatic heterocycles. The molecular weight excluding hydrogens is 240 g/mol. The van der Waals surface area contributed by atoms with E-state index in [1.165, 1.54) is 0 Å². The monoisotopic (exact) mass is 256 g/mol. The molecular formula is C15H16N2O2. The van der Waals surface area contributed by atoms with Gasteiger partial charge in [-0.2, -0.15) is 0 Å². The van der Waals surface area contributed by atoms with Gasteiger partial charge < -0.3 is 10.4 Å². The molecule has 1 aromatic heterocycles. The van der Waals surface area contributed by atoms with Gasteiger partial charge >= 0.3 is 0 Å². The molecule has 0 saturated heterocycles. The highest BCUT2D eigenvalue weighted by Crippen LogP contribution is 2.10. The molecule has 0 atom stereocenters. The first-order valence-corrected chi connectivity index (χ1v) is 6.17. The van der Waals surface area contributed by atoms with E-state index in [-0.39, 0.29) is 12.5 Å². The van der Waals surface area contributed by atoms with E-state index in [0.717, 1.165) is 16.9 Å². The first-order chi connectivity index (χ1) is 9.28. The molecule has 1 aromatic carbocycles. The molecule has 98 valence electrons. The molecule has 0 spiro atoms. The fourth-order valence-electron chi connectivity index (χ4n) is 1.70. The highest BCUT2D eigenvalue weighted by Gasteiger charge is 2.03. The number of anilines is 1. The lowest BCUT2D eigenvalue weighted by Crippen LogP contribution is -2.12. The lowest BCUT2D eigenvalue weighted by Gasteiger charge is -2.05. The second-order valence-electron chi connectivity index (χ2n) is 4.22. The summed E-state index contributed by atoms with van der Waals surface area (Å²) < 4.78 is 0. The minimum absolute atomic E-state index is 0.00784.